The summed E-state index contributed by atoms with van der Waals surface area (Å²) in [6, 6.07) is 21.3. The summed E-state index contributed by atoms with van der Waals surface area (Å²) < 4.78 is 11.9. The Hall–Kier alpha value is -4.10. The molecule has 1 amide bonds. The Balaban J connectivity index is 1.77. The molecule has 1 aliphatic heterocycles. The summed E-state index contributed by atoms with van der Waals surface area (Å²) in [6.07, 6.45) is 0. The predicted molar refractivity (Wildman–Crippen MR) is 152 cm³/mol. The minimum atomic E-state index is -0.763. The maximum Gasteiger partial charge on any atom is 0.295 e. The predicted octanol–water partition coefficient (Wildman–Crippen LogP) is 5.81. The highest BCUT2D eigenvalue weighted by molar-refractivity contribution is 6.46. The number of hydrogen-bond acceptors (Lipinski definition) is 6. The summed E-state index contributed by atoms with van der Waals surface area (Å²) in [4.78, 5) is 30.2. The number of rotatable bonds is 10. The van der Waals surface area contributed by atoms with E-state index in [4.69, 9.17) is 9.47 Å². The fraction of sp³-hybridized carbons (Fsp3) is 0.312. The van der Waals surface area contributed by atoms with E-state index in [0.29, 0.717) is 54.0 Å². The molecule has 1 saturated heterocycles. The number of hydrogen-bond donors (Lipinski definition) is 1. The number of ketones is 1. The van der Waals surface area contributed by atoms with Gasteiger partial charge in [-0.25, -0.2) is 0 Å². The summed E-state index contributed by atoms with van der Waals surface area (Å²) in [5, 5.41) is 11.5. The first kappa shape index (κ1) is 27.9. The number of carbonyl (C=O) groups is 2. The van der Waals surface area contributed by atoms with E-state index in [1.807, 2.05) is 86.6 Å². The van der Waals surface area contributed by atoms with E-state index in [1.54, 1.807) is 12.1 Å². The minimum Gasteiger partial charge on any atom is -0.507 e. The number of aryl methyl sites for hydroxylation is 1. The van der Waals surface area contributed by atoms with Crippen molar-refractivity contribution in [2.45, 2.75) is 26.8 Å². The number of aliphatic hydroxyl groups excluding tert-OH is 1. The molecule has 0 aliphatic carbocycles. The van der Waals surface area contributed by atoms with Crippen LogP contribution in [0.15, 0.2) is 78.4 Å². The maximum atomic E-state index is 13.4. The minimum absolute atomic E-state index is 0.0644. The number of carbonyl (C=O) groups excluding carboxylic acids is 2. The molecule has 1 fully saturated rings. The molecule has 0 saturated carbocycles. The van der Waals surface area contributed by atoms with E-state index >= 15 is 0 Å². The van der Waals surface area contributed by atoms with Gasteiger partial charge in [-0.1, -0.05) is 44.2 Å². The fourth-order valence-corrected chi connectivity index (χ4v) is 4.54. The molecule has 0 aromatic heterocycles. The Morgan fingerprint density at radius 2 is 1.67 bits per heavy atom. The lowest BCUT2D eigenvalue weighted by Crippen LogP contribution is -2.35. The van der Waals surface area contributed by atoms with Gasteiger partial charge in [-0.2, -0.15) is 0 Å². The average molecular weight is 529 g/mol. The number of likely N-dealkylation sites (N-methyl/N-ethyl adjacent to an activating group) is 1. The van der Waals surface area contributed by atoms with Crippen LogP contribution in [-0.4, -0.2) is 60.4 Å². The summed E-state index contributed by atoms with van der Waals surface area (Å²) in [5.74, 6) is 0.765. The molecular weight excluding hydrogens is 492 g/mol. The number of aliphatic hydroxyl groups is 1. The average Bonchev–Trinajstić information content (AvgIpc) is 3.16. The highest BCUT2D eigenvalue weighted by atomic mass is 16.5. The van der Waals surface area contributed by atoms with Crippen molar-refractivity contribution in [3.8, 4) is 17.2 Å². The van der Waals surface area contributed by atoms with E-state index in [2.05, 4.69) is 13.8 Å². The van der Waals surface area contributed by atoms with Crippen molar-refractivity contribution in [2.24, 2.45) is 5.92 Å². The van der Waals surface area contributed by atoms with Gasteiger partial charge in [-0.05, 0) is 80.5 Å². The molecule has 7 heteroatoms. The van der Waals surface area contributed by atoms with E-state index in [1.165, 1.54) is 4.90 Å². The van der Waals surface area contributed by atoms with E-state index in [9.17, 15) is 14.7 Å². The van der Waals surface area contributed by atoms with Crippen LogP contribution in [0.5, 0.6) is 17.2 Å². The van der Waals surface area contributed by atoms with Gasteiger partial charge >= 0.3 is 0 Å². The molecule has 0 spiro atoms. The number of para-hydroxylation sites is 1. The zero-order chi connectivity index (χ0) is 28.1. The Labute approximate surface area is 230 Å². The Morgan fingerprint density at radius 3 is 2.33 bits per heavy atom. The summed E-state index contributed by atoms with van der Waals surface area (Å²) in [6.45, 7) is 7.45. The number of ether oxygens (including phenoxy) is 2. The van der Waals surface area contributed by atoms with Crippen molar-refractivity contribution in [3.63, 3.8) is 0 Å². The Kier molecular flexibility index (Phi) is 8.72. The first-order valence-corrected chi connectivity index (χ1v) is 13.2. The second kappa shape index (κ2) is 12.2. The third kappa shape index (κ3) is 6.49. The first-order valence-electron chi connectivity index (χ1n) is 13.2. The van der Waals surface area contributed by atoms with Gasteiger partial charge < -0.3 is 24.4 Å². The molecule has 7 nitrogen and oxygen atoms in total. The molecule has 0 bridgehead atoms. The smallest absolute Gasteiger partial charge is 0.295 e. The SMILES string of the molecule is Cc1cc(OCC(C)C)ccc1/C(O)=C1\C(=O)C(=O)N(CCN(C)C)C1c1cccc(Oc2ccccc2)c1. The fourth-order valence-electron chi connectivity index (χ4n) is 4.54. The van der Waals surface area contributed by atoms with Gasteiger partial charge in [0.15, 0.2) is 0 Å². The van der Waals surface area contributed by atoms with Gasteiger partial charge in [0.05, 0.1) is 18.2 Å². The summed E-state index contributed by atoms with van der Waals surface area (Å²) in [5.41, 5.74) is 1.97. The molecule has 3 aromatic rings. The quantitative estimate of drug-likeness (QED) is 0.203. The molecular formula is C32H36N2O5. The topological polar surface area (TPSA) is 79.3 Å². The third-order valence-electron chi connectivity index (χ3n) is 6.52. The lowest BCUT2D eigenvalue weighted by molar-refractivity contribution is -0.140. The van der Waals surface area contributed by atoms with Crippen molar-refractivity contribution < 1.29 is 24.2 Å². The van der Waals surface area contributed by atoms with Crippen LogP contribution in [0.25, 0.3) is 5.76 Å². The number of benzene rings is 3. The molecule has 39 heavy (non-hydrogen) atoms. The number of nitrogens with zero attached hydrogens (tertiary/aromatic N) is 2. The van der Waals surface area contributed by atoms with E-state index < -0.39 is 17.7 Å². The molecule has 1 unspecified atom stereocenters. The van der Waals surface area contributed by atoms with Gasteiger partial charge in [-0.15, -0.1) is 0 Å². The lowest BCUT2D eigenvalue weighted by Gasteiger charge is -2.27. The second-order valence-corrected chi connectivity index (χ2v) is 10.5. The summed E-state index contributed by atoms with van der Waals surface area (Å²) in [7, 11) is 3.82. The van der Waals surface area contributed by atoms with Crippen molar-refractivity contribution in [2.75, 3.05) is 33.8 Å². The second-order valence-electron chi connectivity index (χ2n) is 10.5. The molecule has 1 N–H and O–H groups in total. The largest absolute Gasteiger partial charge is 0.507 e. The van der Waals surface area contributed by atoms with Crippen molar-refractivity contribution in [1.29, 1.82) is 0 Å². The van der Waals surface area contributed by atoms with Crippen LogP contribution in [0.2, 0.25) is 0 Å². The van der Waals surface area contributed by atoms with Crippen molar-refractivity contribution >= 4 is 17.4 Å². The number of likely N-dealkylation sites (tertiary alicyclic amines) is 1. The molecule has 204 valence electrons. The number of amides is 1. The van der Waals surface area contributed by atoms with Crippen LogP contribution in [-0.2, 0) is 9.59 Å². The maximum absolute atomic E-state index is 13.4. The van der Waals surface area contributed by atoms with E-state index in [-0.39, 0.29) is 11.3 Å². The lowest BCUT2D eigenvalue weighted by atomic mass is 9.93. The van der Waals surface area contributed by atoms with Crippen LogP contribution in [0.1, 0.15) is 36.6 Å². The van der Waals surface area contributed by atoms with Crippen molar-refractivity contribution in [1.82, 2.24) is 9.80 Å². The van der Waals surface area contributed by atoms with Crippen LogP contribution in [0.3, 0.4) is 0 Å². The molecule has 1 aliphatic rings. The van der Waals surface area contributed by atoms with Crippen LogP contribution >= 0.6 is 0 Å². The van der Waals surface area contributed by atoms with Crippen LogP contribution < -0.4 is 9.47 Å². The van der Waals surface area contributed by atoms with Crippen molar-refractivity contribution in [3.05, 3.63) is 95.1 Å². The van der Waals surface area contributed by atoms with Crippen LogP contribution in [0, 0.1) is 12.8 Å². The normalized spacial score (nSPS) is 16.8. The highest BCUT2D eigenvalue weighted by Gasteiger charge is 2.46. The van der Waals surface area contributed by atoms with Gasteiger partial charge in [0, 0.05) is 18.7 Å². The molecule has 1 heterocycles. The first-order chi connectivity index (χ1) is 18.7. The third-order valence-corrected chi connectivity index (χ3v) is 6.52. The molecule has 3 aromatic carbocycles. The highest BCUT2D eigenvalue weighted by Crippen LogP contribution is 2.41. The van der Waals surface area contributed by atoms with Gasteiger partial charge in [0.2, 0.25) is 0 Å². The zero-order valence-corrected chi connectivity index (χ0v) is 23.2. The zero-order valence-electron chi connectivity index (χ0n) is 23.2. The monoisotopic (exact) mass is 528 g/mol. The van der Waals surface area contributed by atoms with Gasteiger partial charge in [0.25, 0.3) is 11.7 Å². The number of Topliss-reactive ketones (excluding diaryl/α,β-unsaturated/α-hetero) is 1. The van der Waals surface area contributed by atoms with Gasteiger partial charge in [0.1, 0.15) is 23.0 Å². The Morgan fingerprint density at radius 1 is 0.949 bits per heavy atom. The molecule has 1 atom stereocenters. The standard InChI is InChI=1S/C32H36N2O5/c1-21(2)20-38-25-14-15-27(22(3)18-25)30(35)28-29(34(17-16-33(4)5)32(37)31(28)36)23-10-9-13-26(19-23)39-24-11-7-6-8-12-24/h6-15,18-19,21,29,35H,16-17,20H2,1-5H3/b30-28+. The molecule has 4 rings (SSSR count). The Bertz CT molecular complexity index is 1360. The molecule has 0 radical (unpaired) electrons. The van der Waals surface area contributed by atoms with E-state index in [0.717, 1.165) is 5.56 Å². The van der Waals surface area contributed by atoms with Crippen LogP contribution in [0.4, 0.5) is 0 Å². The van der Waals surface area contributed by atoms with Gasteiger partial charge in [-0.3, -0.25) is 9.59 Å². The summed E-state index contributed by atoms with van der Waals surface area (Å²) >= 11 is 0.